The predicted octanol–water partition coefficient (Wildman–Crippen LogP) is 4.23. The van der Waals surface area contributed by atoms with Crippen LogP contribution in [-0.2, 0) is 21.3 Å². The van der Waals surface area contributed by atoms with Crippen LogP contribution in [0.2, 0.25) is 0 Å². The zero-order valence-corrected chi connectivity index (χ0v) is 16.0. The van der Waals surface area contributed by atoms with E-state index in [-0.39, 0.29) is 16.5 Å². The second-order valence-corrected chi connectivity index (χ2v) is 9.12. The van der Waals surface area contributed by atoms with Crippen LogP contribution in [0.4, 0.5) is 0 Å². The van der Waals surface area contributed by atoms with Crippen molar-refractivity contribution in [3.63, 3.8) is 0 Å². The zero-order valence-electron chi connectivity index (χ0n) is 12.6. The molecule has 0 aliphatic carbocycles. The summed E-state index contributed by atoms with van der Waals surface area (Å²) < 4.78 is 4.72. The molecule has 0 aromatic rings. The van der Waals surface area contributed by atoms with E-state index in [1.54, 1.807) is 0 Å². The van der Waals surface area contributed by atoms with E-state index in [9.17, 15) is 4.79 Å². The summed E-state index contributed by atoms with van der Waals surface area (Å²) in [7, 11) is 0.851. The Morgan fingerprint density at radius 1 is 1.20 bits per heavy atom. The summed E-state index contributed by atoms with van der Waals surface area (Å²) in [6.07, 6.45) is 4.70. The van der Waals surface area contributed by atoms with Crippen molar-refractivity contribution in [2.75, 3.05) is 24.7 Å². The SMILES string of the molecule is CCCCSC(NCC(=O)OCC)(P=S)SCCCC. The summed E-state index contributed by atoms with van der Waals surface area (Å²) in [5.41, 5.74) is 0. The highest BCUT2D eigenvalue weighted by Gasteiger charge is 2.29. The van der Waals surface area contributed by atoms with E-state index >= 15 is 0 Å². The third kappa shape index (κ3) is 9.56. The Labute approximate surface area is 138 Å². The number of ether oxygens (including phenoxy) is 1. The third-order valence-corrected chi connectivity index (χ3v) is 8.47. The average molecular weight is 356 g/mol. The highest BCUT2D eigenvalue weighted by Crippen LogP contribution is 2.44. The minimum Gasteiger partial charge on any atom is -0.465 e. The lowest BCUT2D eigenvalue weighted by Crippen LogP contribution is -2.38. The van der Waals surface area contributed by atoms with E-state index in [0.29, 0.717) is 6.61 Å². The van der Waals surface area contributed by atoms with Crippen LogP contribution in [0.3, 0.4) is 0 Å². The van der Waals surface area contributed by atoms with Crippen molar-refractivity contribution in [2.45, 2.75) is 50.4 Å². The molecule has 0 aromatic carbocycles. The first kappa shape index (κ1) is 20.6. The fourth-order valence-electron chi connectivity index (χ4n) is 1.33. The first-order valence-electron chi connectivity index (χ1n) is 7.17. The van der Waals surface area contributed by atoms with Gasteiger partial charge in [-0.15, -0.1) is 23.5 Å². The van der Waals surface area contributed by atoms with E-state index in [1.165, 1.54) is 25.7 Å². The van der Waals surface area contributed by atoms with Crippen LogP contribution < -0.4 is 5.32 Å². The minimum atomic E-state index is -0.258. The summed E-state index contributed by atoms with van der Waals surface area (Å²) in [6.45, 7) is 6.84. The molecule has 0 bridgehead atoms. The Kier molecular flexibility index (Phi) is 13.8. The van der Waals surface area contributed by atoms with Gasteiger partial charge in [0.2, 0.25) is 0 Å². The highest BCUT2D eigenvalue weighted by atomic mass is 32.4. The minimum absolute atomic E-state index is 0.206. The molecule has 0 amide bonds. The van der Waals surface area contributed by atoms with Crippen LogP contribution in [0, 0.1) is 0 Å². The van der Waals surface area contributed by atoms with Gasteiger partial charge in [0.1, 0.15) is 0 Å². The maximum absolute atomic E-state index is 11.5. The molecule has 0 aliphatic heterocycles. The van der Waals surface area contributed by atoms with Crippen molar-refractivity contribution in [2.24, 2.45) is 0 Å². The molecule has 1 N–H and O–H groups in total. The first-order chi connectivity index (χ1) is 9.64. The van der Waals surface area contributed by atoms with Crippen LogP contribution in [0.25, 0.3) is 0 Å². The number of nitrogens with one attached hydrogen (secondary N) is 1. The van der Waals surface area contributed by atoms with Gasteiger partial charge in [0.15, 0.2) is 3.94 Å². The quantitative estimate of drug-likeness (QED) is 0.231. The molecule has 0 rings (SSSR count). The molecule has 0 unspecified atom stereocenters. The van der Waals surface area contributed by atoms with Gasteiger partial charge < -0.3 is 4.74 Å². The van der Waals surface area contributed by atoms with E-state index in [4.69, 9.17) is 16.5 Å². The van der Waals surface area contributed by atoms with Crippen molar-refractivity contribution < 1.29 is 9.53 Å². The second kappa shape index (κ2) is 13.3. The van der Waals surface area contributed by atoms with Crippen molar-refractivity contribution in [3.8, 4) is 0 Å². The van der Waals surface area contributed by atoms with Crippen LogP contribution in [0.15, 0.2) is 0 Å². The Morgan fingerprint density at radius 2 is 1.75 bits per heavy atom. The number of carbonyl (C=O) groups excluding carboxylic acids is 1. The number of carbonyl (C=O) groups is 1. The molecule has 0 saturated heterocycles. The molecule has 0 heterocycles. The molecular formula is C13H26NO2PS3. The van der Waals surface area contributed by atoms with Gasteiger partial charge in [0.25, 0.3) is 0 Å². The molecule has 3 nitrogen and oxygen atoms in total. The van der Waals surface area contributed by atoms with Gasteiger partial charge >= 0.3 is 5.97 Å². The third-order valence-electron chi connectivity index (χ3n) is 2.47. The van der Waals surface area contributed by atoms with Crippen molar-refractivity contribution >= 4 is 48.7 Å². The molecular weight excluding hydrogens is 329 g/mol. The smallest absolute Gasteiger partial charge is 0.319 e. The Balaban J connectivity index is 4.46. The van der Waals surface area contributed by atoms with Crippen LogP contribution in [0.1, 0.15) is 46.5 Å². The fraction of sp³-hybridized carbons (Fsp3) is 0.923. The fourth-order valence-corrected chi connectivity index (χ4v) is 6.19. The van der Waals surface area contributed by atoms with E-state index in [1.807, 2.05) is 30.4 Å². The lowest BCUT2D eigenvalue weighted by atomic mass is 10.4. The topological polar surface area (TPSA) is 38.3 Å². The molecule has 0 spiro atoms. The molecule has 0 fully saturated rings. The summed E-state index contributed by atoms with van der Waals surface area (Å²) in [5.74, 6) is 1.92. The van der Waals surface area contributed by atoms with Crippen molar-refractivity contribution in [1.82, 2.24) is 5.32 Å². The average Bonchev–Trinajstić information content (AvgIpc) is 2.45. The summed E-state index contributed by atoms with van der Waals surface area (Å²) in [5, 5.41) is 3.32. The molecule has 7 heteroatoms. The van der Waals surface area contributed by atoms with Gasteiger partial charge in [-0.05, 0) is 31.3 Å². The molecule has 0 radical (unpaired) electrons. The van der Waals surface area contributed by atoms with Gasteiger partial charge in [0.05, 0.1) is 13.2 Å². The predicted molar refractivity (Wildman–Crippen MR) is 96.4 cm³/mol. The Bertz CT molecular complexity index is 270. The maximum atomic E-state index is 11.5. The first-order valence-corrected chi connectivity index (χ1v) is 11.0. The number of esters is 1. The van der Waals surface area contributed by atoms with Crippen LogP contribution in [-0.4, -0.2) is 34.6 Å². The van der Waals surface area contributed by atoms with Gasteiger partial charge in [-0.25, -0.2) is 0 Å². The molecule has 0 aliphatic rings. The number of thioether (sulfide) groups is 2. The highest BCUT2D eigenvalue weighted by molar-refractivity contribution is 8.27. The van der Waals surface area contributed by atoms with Gasteiger partial charge in [-0.3, -0.25) is 10.1 Å². The number of rotatable bonds is 13. The molecule has 118 valence electrons. The van der Waals surface area contributed by atoms with Crippen molar-refractivity contribution in [3.05, 3.63) is 0 Å². The molecule has 20 heavy (non-hydrogen) atoms. The monoisotopic (exact) mass is 355 g/mol. The normalized spacial score (nSPS) is 11.8. The van der Waals surface area contributed by atoms with Gasteiger partial charge in [-0.1, -0.05) is 38.5 Å². The lowest BCUT2D eigenvalue weighted by molar-refractivity contribution is -0.141. The summed E-state index contributed by atoms with van der Waals surface area (Å²) >= 11 is 8.98. The van der Waals surface area contributed by atoms with E-state index in [0.717, 1.165) is 18.9 Å². The Hall–Kier alpha value is 0.650. The Morgan fingerprint density at radius 3 is 2.15 bits per heavy atom. The largest absolute Gasteiger partial charge is 0.465 e. The van der Waals surface area contributed by atoms with E-state index in [2.05, 4.69) is 19.2 Å². The van der Waals surface area contributed by atoms with Crippen LogP contribution in [0.5, 0.6) is 0 Å². The van der Waals surface area contributed by atoms with Crippen molar-refractivity contribution in [1.29, 1.82) is 0 Å². The molecule has 0 saturated carbocycles. The molecule has 0 atom stereocenters. The zero-order chi connectivity index (χ0) is 15.3. The second-order valence-electron chi connectivity index (χ2n) is 4.24. The van der Waals surface area contributed by atoms with E-state index < -0.39 is 0 Å². The summed E-state index contributed by atoms with van der Waals surface area (Å²) in [6, 6.07) is 0. The number of unbranched alkanes of at least 4 members (excludes halogenated alkanes) is 2. The summed E-state index contributed by atoms with van der Waals surface area (Å²) in [4.78, 5) is 11.5. The molecule has 0 aromatic heterocycles. The number of hydrogen-bond acceptors (Lipinski definition) is 6. The maximum Gasteiger partial charge on any atom is 0.319 e. The lowest BCUT2D eigenvalue weighted by Gasteiger charge is -2.28. The standard InChI is InChI=1S/C13H26NO2PS3/c1-4-7-9-19-13(17-18,20-10-8-5-2)14-11-12(15)16-6-3/h14H,4-11H2,1-3H3. The van der Waals surface area contributed by atoms with Gasteiger partial charge in [-0.2, -0.15) is 0 Å². The number of hydrogen-bond donors (Lipinski definition) is 1. The van der Waals surface area contributed by atoms with Crippen LogP contribution >= 0.6 is 30.9 Å². The van der Waals surface area contributed by atoms with Gasteiger partial charge in [0, 0.05) is 7.36 Å².